The fourth-order valence-electron chi connectivity index (χ4n) is 2.25. The third-order valence-electron chi connectivity index (χ3n) is 3.40. The van der Waals surface area contributed by atoms with Crippen LogP contribution in [0.25, 0.3) is 0 Å². The van der Waals surface area contributed by atoms with E-state index in [1.54, 1.807) is 12.1 Å². The number of nitrogens with one attached hydrogen (secondary N) is 1. The molecule has 1 rings (SSSR count). The Bertz CT molecular complexity index is 539. The summed E-state index contributed by atoms with van der Waals surface area (Å²) >= 11 is 0. The molecule has 0 amide bonds. The van der Waals surface area contributed by atoms with Gasteiger partial charge in [-0.05, 0) is 38.6 Å². The second kappa shape index (κ2) is 7.80. The number of hydrogen-bond donors (Lipinski definition) is 1. The number of para-hydroxylation sites is 1. The van der Waals surface area contributed by atoms with Gasteiger partial charge in [-0.15, -0.1) is 0 Å². The largest absolute Gasteiger partial charge is 0.380 e. The van der Waals surface area contributed by atoms with Gasteiger partial charge in [0.05, 0.1) is 16.3 Å². The third kappa shape index (κ3) is 5.32. The van der Waals surface area contributed by atoms with Crippen LogP contribution in [0.15, 0.2) is 29.2 Å². The SMILES string of the molecule is CCCS(=O)(=O)c1ccccc1NC(CN(C)C)C(C)C. The minimum Gasteiger partial charge on any atom is -0.380 e. The Morgan fingerprint density at radius 3 is 2.33 bits per heavy atom. The zero-order chi connectivity index (χ0) is 16.0. The van der Waals surface area contributed by atoms with Gasteiger partial charge in [0, 0.05) is 12.6 Å². The van der Waals surface area contributed by atoms with Gasteiger partial charge in [-0.25, -0.2) is 8.42 Å². The van der Waals surface area contributed by atoms with Crippen molar-refractivity contribution in [2.24, 2.45) is 5.92 Å². The van der Waals surface area contributed by atoms with E-state index < -0.39 is 9.84 Å². The maximum absolute atomic E-state index is 12.4. The van der Waals surface area contributed by atoms with Crippen LogP contribution in [0.4, 0.5) is 5.69 Å². The fourth-order valence-corrected chi connectivity index (χ4v) is 3.76. The van der Waals surface area contributed by atoms with E-state index >= 15 is 0 Å². The van der Waals surface area contributed by atoms with Crippen LogP contribution in [-0.2, 0) is 9.84 Å². The molecule has 21 heavy (non-hydrogen) atoms. The van der Waals surface area contributed by atoms with Crippen molar-refractivity contribution < 1.29 is 8.42 Å². The zero-order valence-electron chi connectivity index (χ0n) is 13.8. The normalized spacial score (nSPS) is 13.7. The van der Waals surface area contributed by atoms with E-state index in [1.807, 2.05) is 33.2 Å². The van der Waals surface area contributed by atoms with Crippen molar-refractivity contribution in [1.82, 2.24) is 4.90 Å². The first-order chi connectivity index (χ1) is 9.77. The lowest BCUT2D eigenvalue weighted by atomic mass is 10.0. The molecule has 0 heterocycles. The lowest BCUT2D eigenvalue weighted by Gasteiger charge is -2.27. The lowest BCUT2D eigenvalue weighted by Crippen LogP contribution is -2.36. The Balaban J connectivity index is 3.08. The predicted octanol–water partition coefficient (Wildman–Crippen LogP) is 2.87. The van der Waals surface area contributed by atoms with Crippen molar-refractivity contribution in [1.29, 1.82) is 0 Å². The van der Waals surface area contributed by atoms with Gasteiger partial charge in [0.15, 0.2) is 9.84 Å². The van der Waals surface area contributed by atoms with E-state index in [0.717, 1.165) is 6.54 Å². The Hall–Kier alpha value is -1.07. The number of hydrogen-bond acceptors (Lipinski definition) is 4. The second-order valence-electron chi connectivity index (χ2n) is 6.07. The minimum absolute atomic E-state index is 0.186. The first-order valence-corrected chi connectivity index (χ1v) is 9.16. The molecule has 1 N–H and O–H groups in total. The van der Waals surface area contributed by atoms with Crippen LogP contribution >= 0.6 is 0 Å². The van der Waals surface area contributed by atoms with Gasteiger partial charge in [0.2, 0.25) is 0 Å². The van der Waals surface area contributed by atoms with Crippen molar-refractivity contribution in [2.75, 3.05) is 31.7 Å². The molecular formula is C16H28N2O2S. The molecule has 1 unspecified atom stereocenters. The second-order valence-corrected chi connectivity index (χ2v) is 8.15. The lowest BCUT2D eigenvalue weighted by molar-refractivity contribution is 0.344. The number of nitrogens with zero attached hydrogens (tertiary/aromatic N) is 1. The summed E-state index contributed by atoms with van der Waals surface area (Å²) in [6.45, 7) is 7.03. The van der Waals surface area contributed by atoms with E-state index in [1.165, 1.54) is 0 Å². The molecule has 120 valence electrons. The van der Waals surface area contributed by atoms with Crippen LogP contribution < -0.4 is 5.32 Å². The molecule has 0 aromatic heterocycles. The predicted molar refractivity (Wildman–Crippen MR) is 89.6 cm³/mol. The van der Waals surface area contributed by atoms with E-state index in [0.29, 0.717) is 22.9 Å². The van der Waals surface area contributed by atoms with Gasteiger partial charge < -0.3 is 10.2 Å². The zero-order valence-corrected chi connectivity index (χ0v) is 14.6. The molecule has 0 radical (unpaired) electrons. The molecule has 0 aliphatic carbocycles. The van der Waals surface area contributed by atoms with Gasteiger partial charge in [-0.3, -0.25) is 0 Å². The fraction of sp³-hybridized carbons (Fsp3) is 0.625. The molecule has 1 aromatic rings. The third-order valence-corrected chi connectivity index (χ3v) is 5.37. The van der Waals surface area contributed by atoms with Crippen LogP contribution in [0.5, 0.6) is 0 Å². The summed E-state index contributed by atoms with van der Waals surface area (Å²) in [4.78, 5) is 2.53. The molecule has 0 aliphatic rings. The quantitative estimate of drug-likeness (QED) is 0.802. The molecule has 0 fully saturated rings. The van der Waals surface area contributed by atoms with Crippen LogP contribution in [0, 0.1) is 5.92 Å². The average Bonchev–Trinajstić information content (AvgIpc) is 2.37. The van der Waals surface area contributed by atoms with Crippen molar-refractivity contribution in [3.05, 3.63) is 24.3 Å². The maximum atomic E-state index is 12.4. The number of benzene rings is 1. The molecule has 0 aliphatic heterocycles. The summed E-state index contributed by atoms with van der Waals surface area (Å²) in [7, 11) is 0.832. The molecule has 5 heteroatoms. The van der Waals surface area contributed by atoms with Crippen LogP contribution in [0.1, 0.15) is 27.2 Å². The highest BCUT2D eigenvalue weighted by atomic mass is 32.2. The highest BCUT2D eigenvalue weighted by Crippen LogP contribution is 2.24. The van der Waals surface area contributed by atoms with Crippen molar-refractivity contribution >= 4 is 15.5 Å². The molecule has 0 saturated heterocycles. The first kappa shape index (κ1) is 18.0. The van der Waals surface area contributed by atoms with Gasteiger partial charge >= 0.3 is 0 Å². The Labute approximate surface area is 129 Å². The highest BCUT2D eigenvalue weighted by molar-refractivity contribution is 7.91. The summed E-state index contributed by atoms with van der Waals surface area (Å²) in [5, 5.41) is 3.42. The molecule has 4 nitrogen and oxygen atoms in total. The van der Waals surface area contributed by atoms with Crippen LogP contribution in [-0.4, -0.2) is 45.8 Å². The smallest absolute Gasteiger partial charge is 0.180 e. The summed E-state index contributed by atoms with van der Waals surface area (Å²) < 4.78 is 24.8. The van der Waals surface area contributed by atoms with E-state index in [2.05, 4.69) is 24.1 Å². The Kier molecular flexibility index (Phi) is 6.68. The number of sulfone groups is 1. The van der Waals surface area contributed by atoms with Gasteiger partial charge in [0.25, 0.3) is 0 Å². The monoisotopic (exact) mass is 312 g/mol. The van der Waals surface area contributed by atoms with Crippen molar-refractivity contribution in [2.45, 2.75) is 38.1 Å². The molecule has 0 spiro atoms. The number of anilines is 1. The Morgan fingerprint density at radius 2 is 1.81 bits per heavy atom. The van der Waals surface area contributed by atoms with E-state index in [9.17, 15) is 8.42 Å². The van der Waals surface area contributed by atoms with Crippen molar-refractivity contribution in [3.63, 3.8) is 0 Å². The molecule has 1 aromatic carbocycles. The average molecular weight is 312 g/mol. The van der Waals surface area contributed by atoms with E-state index in [4.69, 9.17) is 0 Å². The van der Waals surface area contributed by atoms with Gasteiger partial charge in [-0.2, -0.15) is 0 Å². The number of likely N-dealkylation sites (N-methyl/N-ethyl adjacent to an activating group) is 1. The topological polar surface area (TPSA) is 49.4 Å². The molecular weight excluding hydrogens is 284 g/mol. The van der Waals surface area contributed by atoms with Gasteiger partial charge in [0.1, 0.15) is 0 Å². The molecule has 0 bridgehead atoms. The summed E-state index contributed by atoms with van der Waals surface area (Å²) in [5.74, 6) is 0.598. The van der Waals surface area contributed by atoms with Crippen LogP contribution in [0.2, 0.25) is 0 Å². The van der Waals surface area contributed by atoms with Crippen molar-refractivity contribution in [3.8, 4) is 0 Å². The molecule has 0 saturated carbocycles. The summed E-state index contributed by atoms with van der Waals surface area (Å²) in [5.41, 5.74) is 0.714. The van der Waals surface area contributed by atoms with Gasteiger partial charge in [-0.1, -0.05) is 32.9 Å². The standard InChI is InChI=1S/C16H28N2O2S/c1-6-11-21(19,20)16-10-8-7-9-14(16)17-15(13(2)3)12-18(4)5/h7-10,13,15,17H,6,11-12H2,1-5H3. The summed E-state index contributed by atoms with van der Waals surface area (Å²) in [6.07, 6.45) is 0.627. The Morgan fingerprint density at radius 1 is 1.19 bits per heavy atom. The maximum Gasteiger partial charge on any atom is 0.180 e. The summed E-state index contributed by atoms with van der Waals surface area (Å²) in [6, 6.07) is 7.41. The van der Waals surface area contributed by atoms with E-state index in [-0.39, 0.29) is 11.8 Å². The molecule has 1 atom stereocenters. The first-order valence-electron chi connectivity index (χ1n) is 7.51. The number of rotatable bonds is 8. The van der Waals surface area contributed by atoms with Crippen LogP contribution in [0.3, 0.4) is 0 Å². The minimum atomic E-state index is -3.22. The highest BCUT2D eigenvalue weighted by Gasteiger charge is 2.21.